The highest BCUT2D eigenvalue weighted by Gasteiger charge is 2.68. The van der Waals surface area contributed by atoms with Gasteiger partial charge in [-0.3, -0.25) is 9.59 Å². The van der Waals surface area contributed by atoms with Crippen molar-refractivity contribution in [3.63, 3.8) is 0 Å². The van der Waals surface area contributed by atoms with Crippen LogP contribution in [0.25, 0.3) is 0 Å². The number of hydrogen-bond acceptors (Lipinski definition) is 2. The van der Waals surface area contributed by atoms with E-state index in [2.05, 4.69) is 33.0 Å². The third-order valence-corrected chi connectivity index (χ3v) is 5.01. The van der Waals surface area contributed by atoms with E-state index in [1.165, 1.54) is 0 Å². The first kappa shape index (κ1) is 17.0. The molecule has 1 unspecified atom stereocenters. The van der Waals surface area contributed by atoms with E-state index in [0.717, 1.165) is 0 Å². The van der Waals surface area contributed by atoms with Crippen LogP contribution in [0.3, 0.4) is 0 Å². The van der Waals surface area contributed by atoms with Gasteiger partial charge in [0.05, 0.1) is 5.92 Å². The zero-order valence-electron chi connectivity index (χ0n) is 13.8. The average molecular weight is 283 g/mol. The van der Waals surface area contributed by atoms with Gasteiger partial charge in [-0.15, -0.1) is 0 Å². The number of carbonyl (C=O) groups is 2. The summed E-state index contributed by atoms with van der Waals surface area (Å²) in [5.41, 5.74) is -0.0917. The van der Waals surface area contributed by atoms with Gasteiger partial charge in [0, 0.05) is 12.5 Å². The van der Waals surface area contributed by atoms with Crippen LogP contribution < -0.4 is 5.32 Å². The number of rotatable bonds is 5. The summed E-state index contributed by atoms with van der Waals surface area (Å²) in [5, 5.41) is 12.1. The number of hydrogen-bond donors (Lipinski definition) is 2. The number of carboxylic acids is 1. The average Bonchev–Trinajstić information content (AvgIpc) is 2.62. The van der Waals surface area contributed by atoms with Gasteiger partial charge in [-0.1, -0.05) is 48.5 Å². The monoisotopic (exact) mass is 283 g/mol. The molecule has 0 aliphatic heterocycles. The first-order valence-electron chi connectivity index (χ1n) is 7.31. The molecule has 4 nitrogen and oxygen atoms in total. The maximum atomic E-state index is 12.2. The molecule has 2 N–H and O–H groups in total. The molecule has 0 bridgehead atoms. The lowest BCUT2D eigenvalue weighted by atomic mass is 9.84. The maximum Gasteiger partial charge on any atom is 0.308 e. The van der Waals surface area contributed by atoms with E-state index in [4.69, 9.17) is 0 Å². The minimum Gasteiger partial charge on any atom is -0.481 e. The minimum atomic E-state index is -0.838. The topological polar surface area (TPSA) is 66.4 Å². The molecule has 0 aromatic rings. The fourth-order valence-corrected chi connectivity index (χ4v) is 3.16. The van der Waals surface area contributed by atoms with Crippen molar-refractivity contribution >= 4 is 11.9 Å². The van der Waals surface area contributed by atoms with Crippen molar-refractivity contribution in [1.29, 1.82) is 0 Å². The van der Waals surface area contributed by atoms with Gasteiger partial charge < -0.3 is 10.4 Å². The van der Waals surface area contributed by atoms with Crippen molar-refractivity contribution in [2.45, 2.75) is 54.9 Å². The van der Waals surface area contributed by atoms with Crippen LogP contribution in [0.5, 0.6) is 0 Å². The molecule has 0 heterocycles. The Morgan fingerprint density at radius 3 is 1.90 bits per heavy atom. The Hall–Kier alpha value is -1.06. The van der Waals surface area contributed by atoms with Crippen LogP contribution in [0, 0.1) is 28.1 Å². The number of aliphatic carboxylic acids is 1. The van der Waals surface area contributed by atoms with Crippen LogP contribution in [0.15, 0.2) is 0 Å². The lowest BCUT2D eigenvalue weighted by molar-refractivity contribution is -0.142. The number of nitrogens with one attached hydrogen (secondary N) is 1. The molecule has 0 spiro atoms. The van der Waals surface area contributed by atoms with Crippen molar-refractivity contribution < 1.29 is 14.7 Å². The summed E-state index contributed by atoms with van der Waals surface area (Å²) in [6.45, 7) is 14.6. The molecule has 0 aromatic carbocycles. The van der Waals surface area contributed by atoms with E-state index in [0.29, 0.717) is 6.42 Å². The second-order valence-corrected chi connectivity index (χ2v) is 8.42. The van der Waals surface area contributed by atoms with Crippen molar-refractivity contribution in [3.8, 4) is 0 Å². The Balaban J connectivity index is 2.58. The molecule has 1 aliphatic carbocycles. The second kappa shape index (κ2) is 5.05. The zero-order valence-corrected chi connectivity index (χ0v) is 13.8. The summed E-state index contributed by atoms with van der Waals surface area (Å²) < 4.78 is 0. The predicted molar refractivity (Wildman–Crippen MR) is 79.3 cm³/mol. The Morgan fingerprint density at radius 2 is 1.60 bits per heavy atom. The molecule has 4 heteroatoms. The highest BCUT2D eigenvalue weighted by Crippen LogP contribution is 2.68. The summed E-state index contributed by atoms with van der Waals surface area (Å²) >= 11 is 0. The summed E-state index contributed by atoms with van der Waals surface area (Å²) in [4.78, 5) is 23.5. The third-order valence-electron chi connectivity index (χ3n) is 5.01. The smallest absolute Gasteiger partial charge is 0.308 e. The molecule has 20 heavy (non-hydrogen) atoms. The Bertz CT molecular complexity index is 390. The molecule has 1 saturated carbocycles. The van der Waals surface area contributed by atoms with Gasteiger partial charge >= 0.3 is 5.97 Å². The normalized spacial score (nSPS) is 22.1. The van der Waals surface area contributed by atoms with Crippen molar-refractivity contribution in [2.75, 3.05) is 6.54 Å². The number of carbonyl (C=O) groups excluding carboxylic acids is 1. The molecule has 1 rings (SSSR count). The van der Waals surface area contributed by atoms with E-state index in [9.17, 15) is 14.7 Å². The van der Waals surface area contributed by atoms with Gasteiger partial charge in [0.2, 0.25) is 5.91 Å². The van der Waals surface area contributed by atoms with Gasteiger partial charge in [0.1, 0.15) is 0 Å². The quantitative estimate of drug-likeness (QED) is 0.815. The molecule has 1 amide bonds. The fourth-order valence-electron chi connectivity index (χ4n) is 3.16. The summed E-state index contributed by atoms with van der Waals surface area (Å²) in [5.74, 6) is -1.40. The molecule has 1 atom stereocenters. The summed E-state index contributed by atoms with van der Waals surface area (Å²) in [6.07, 6.45) is 0.556. The predicted octanol–water partition coefficient (Wildman–Crippen LogP) is 2.92. The lowest BCUT2D eigenvalue weighted by Gasteiger charge is -2.23. The van der Waals surface area contributed by atoms with E-state index in [1.807, 2.05) is 20.8 Å². The molecule has 1 aliphatic rings. The lowest BCUT2D eigenvalue weighted by Crippen LogP contribution is -2.36. The first-order valence-corrected chi connectivity index (χ1v) is 7.31. The fraction of sp³-hybridized carbons (Fsp3) is 0.875. The molecule has 0 radical (unpaired) electrons. The molecule has 0 saturated heterocycles. The maximum absolute atomic E-state index is 12.2. The highest BCUT2D eigenvalue weighted by molar-refractivity contribution is 5.84. The van der Waals surface area contributed by atoms with E-state index in [1.54, 1.807) is 0 Å². The van der Waals surface area contributed by atoms with Crippen molar-refractivity contribution in [3.05, 3.63) is 0 Å². The first-order chi connectivity index (χ1) is 8.80. The minimum absolute atomic E-state index is 0.0137. The third kappa shape index (κ3) is 3.33. The molecule has 1 fully saturated rings. The van der Waals surface area contributed by atoms with Crippen LogP contribution in [-0.2, 0) is 9.59 Å². The van der Waals surface area contributed by atoms with E-state index >= 15 is 0 Å². The van der Waals surface area contributed by atoms with Gasteiger partial charge in [0.25, 0.3) is 0 Å². The van der Waals surface area contributed by atoms with Crippen LogP contribution in [0.1, 0.15) is 54.9 Å². The SMILES string of the molecule is CC(C)(C)CC(CNC(=O)C1C(C)(C)C1(C)C)C(=O)O. The molecule has 116 valence electrons. The number of amides is 1. The van der Waals surface area contributed by atoms with Gasteiger partial charge in [-0.2, -0.15) is 0 Å². The molecular weight excluding hydrogens is 254 g/mol. The molecule has 0 aromatic heterocycles. The van der Waals surface area contributed by atoms with Crippen molar-refractivity contribution in [2.24, 2.45) is 28.1 Å². The standard InChI is InChI=1S/C16H29NO3/c1-14(2,3)8-10(13(19)20)9-17-12(18)11-15(4,5)16(11,6)7/h10-11H,8-9H2,1-7H3,(H,17,18)(H,19,20). The Morgan fingerprint density at radius 1 is 1.15 bits per heavy atom. The Labute approximate surface area is 122 Å². The van der Waals surface area contributed by atoms with Crippen LogP contribution in [0.4, 0.5) is 0 Å². The second-order valence-electron chi connectivity index (χ2n) is 8.42. The zero-order chi connectivity index (χ0) is 15.9. The van der Waals surface area contributed by atoms with Gasteiger partial charge in [0.15, 0.2) is 0 Å². The number of carboxylic acid groups (broad SMARTS) is 1. The van der Waals surface area contributed by atoms with Gasteiger partial charge in [-0.25, -0.2) is 0 Å². The summed E-state index contributed by atoms with van der Waals surface area (Å²) in [6, 6.07) is 0. The van der Waals surface area contributed by atoms with E-state index in [-0.39, 0.29) is 34.6 Å². The summed E-state index contributed by atoms with van der Waals surface area (Å²) in [7, 11) is 0. The Kier molecular flexibility index (Phi) is 4.29. The van der Waals surface area contributed by atoms with Crippen LogP contribution in [0.2, 0.25) is 0 Å². The van der Waals surface area contributed by atoms with E-state index < -0.39 is 11.9 Å². The van der Waals surface area contributed by atoms with Crippen LogP contribution in [-0.4, -0.2) is 23.5 Å². The molecular formula is C16H29NO3. The largest absolute Gasteiger partial charge is 0.481 e. The van der Waals surface area contributed by atoms with Crippen molar-refractivity contribution in [1.82, 2.24) is 5.32 Å². The highest BCUT2D eigenvalue weighted by atomic mass is 16.4. The van der Waals surface area contributed by atoms with Crippen LogP contribution >= 0.6 is 0 Å². The van der Waals surface area contributed by atoms with Gasteiger partial charge in [-0.05, 0) is 22.7 Å².